The third-order valence-corrected chi connectivity index (χ3v) is 3.65. The molecular weight excluding hydrogens is 415 g/mol. The summed E-state index contributed by atoms with van der Waals surface area (Å²) >= 11 is 0. The number of ether oxygens (including phenoxy) is 1. The number of benzene rings is 1. The third-order valence-electron chi connectivity index (χ3n) is 3.65. The average Bonchev–Trinajstić information content (AvgIpc) is 3.03. The van der Waals surface area contributed by atoms with E-state index in [2.05, 4.69) is 15.6 Å². The number of alkyl halides is 2. The molecule has 2 rings (SSSR count). The number of rotatable bonds is 6. The van der Waals surface area contributed by atoms with Gasteiger partial charge in [-0.25, -0.2) is 8.78 Å². The van der Waals surface area contributed by atoms with E-state index < -0.39 is 13.0 Å². The van der Waals surface area contributed by atoms with Gasteiger partial charge >= 0.3 is 0 Å². The highest BCUT2D eigenvalue weighted by Crippen LogP contribution is 2.17. The van der Waals surface area contributed by atoms with Crippen LogP contribution in [0.5, 0.6) is 5.75 Å². The molecule has 0 aromatic heterocycles. The summed E-state index contributed by atoms with van der Waals surface area (Å²) in [6, 6.07) is 7.65. The van der Waals surface area contributed by atoms with E-state index in [1.807, 2.05) is 6.07 Å². The lowest BCUT2D eigenvalue weighted by molar-refractivity contribution is 0.0818. The van der Waals surface area contributed by atoms with Crippen molar-refractivity contribution in [3.05, 3.63) is 29.8 Å². The number of aliphatic imine (C=N–C) groups is 1. The first-order chi connectivity index (χ1) is 10.7. The molecule has 0 radical (unpaired) electrons. The number of halogens is 3. The molecule has 1 fully saturated rings. The molecule has 23 heavy (non-hydrogen) atoms. The Balaban J connectivity index is 0.00000264. The summed E-state index contributed by atoms with van der Waals surface area (Å²) < 4.78 is 29.3. The predicted octanol–water partition coefficient (Wildman–Crippen LogP) is 3.56. The Labute approximate surface area is 153 Å². The van der Waals surface area contributed by atoms with Crippen LogP contribution in [0.1, 0.15) is 31.2 Å². The monoisotopic (exact) mass is 439 g/mol. The molecule has 0 atom stereocenters. The van der Waals surface area contributed by atoms with Crippen LogP contribution < -0.4 is 15.4 Å². The number of nitrogens with zero attached hydrogens (tertiary/aromatic N) is 1. The molecular formula is C16H24F2IN3O. The van der Waals surface area contributed by atoms with E-state index >= 15 is 0 Å². The number of guanidine groups is 1. The molecule has 1 aliphatic rings. The highest BCUT2D eigenvalue weighted by atomic mass is 127. The zero-order valence-electron chi connectivity index (χ0n) is 13.2. The van der Waals surface area contributed by atoms with Crippen molar-refractivity contribution in [3.8, 4) is 5.75 Å². The molecule has 1 aromatic carbocycles. The number of hydrogen-bond acceptors (Lipinski definition) is 2. The van der Waals surface area contributed by atoms with Gasteiger partial charge in [0.2, 0.25) is 0 Å². The Bertz CT molecular complexity index is 494. The predicted molar refractivity (Wildman–Crippen MR) is 98.9 cm³/mol. The van der Waals surface area contributed by atoms with Crippen LogP contribution in [-0.4, -0.2) is 32.1 Å². The lowest BCUT2D eigenvalue weighted by Crippen LogP contribution is -2.41. The number of hydrogen-bond donors (Lipinski definition) is 2. The van der Waals surface area contributed by atoms with Gasteiger partial charge in [-0.2, -0.15) is 0 Å². The summed E-state index contributed by atoms with van der Waals surface area (Å²) in [6.45, 7) is -0.0138. The first kappa shape index (κ1) is 19.9. The van der Waals surface area contributed by atoms with Gasteiger partial charge in [-0.05, 0) is 30.5 Å². The fourth-order valence-electron chi connectivity index (χ4n) is 2.55. The van der Waals surface area contributed by atoms with Crippen LogP contribution in [0.4, 0.5) is 8.78 Å². The van der Waals surface area contributed by atoms with Crippen molar-refractivity contribution < 1.29 is 13.5 Å². The SMILES string of the molecule is CN=C(NCc1cccc(OCC(F)F)c1)NC1CCCC1.I. The summed E-state index contributed by atoms with van der Waals surface area (Å²) in [5.41, 5.74) is 0.959. The van der Waals surface area contributed by atoms with Crippen LogP contribution >= 0.6 is 24.0 Å². The minimum absolute atomic E-state index is 0. The summed E-state index contributed by atoms with van der Waals surface area (Å²) in [5, 5.41) is 6.64. The molecule has 1 aromatic rings. The Morgan fingerprint density at radius 1 is 1.35 bits per heavy atom. The van der Waals surface area contributed by atoms with Crippen LogP contribution in [0.3, 0.4) is 0 Å². The Morgan fingerprint density at radius 2 is 2.09 bits per heavy atom. The molecule has 130 valence electrons. The van der Waals surface area contributed by atoms with E-state index in [9.17, 15) is 8.78 Å². The minimum atomic E-state index is -2.46. The second-order valence-electron chi connectivity index (χ2n) is 5.40. The highest BCUT2D eigenvalue weighted by molar-refractivity contribution is 14.0. The molecule has 0 spiro atoms. The van der Waals surface area contributed by atoms with Gasteiger partial charge < -0.3 is 15.4 Å². The molecule has 7 heteroatoms. The van der Waals surface area contributed by atoms with E-state index in [-0.39, 0.29) is 24.0 Å². The van der Waals surface area contributed by atoms with E-state index in [0.717, 1.165) is 11.5 Å². The molecule has 2 N–H and O–H groups in total. The molecule has 4 nitrogen and oxygen atoms in total. The van der Waals surface area contributed by atoms with Crippen LogP contribution in [0, 0.1) is 0 Å². The summed E-state index contributed by atoms with van der Waals surface area (Å²) in [4.78, 5) is 4.21. The largest absolute Gasteiger partial charge is 0.488 e. The minimum Gasteiger partial charge on any atom is -0.488 e. The van der Waals surface area contributed by atoms with Crippen molar-refractivity contribution in [2.75, 3.05) is 13.7 Å². The molecule has 1 aliphatic carbocycles. The van der Waals surface area contributed by atoms with Gasteiger partial charge in [0.15, 0.2) is 5.96 Å². The molecule has 0 unspecified atom stereocenters. The van der Waals surface area contributed by atoms with Crippen molar-refractivity contribution in [1.29, 1.82) is 0 Å². The van der Waals surface area contributed by atoms with E-state index in [1.54, 1.807) is 25.2 Å². The lowest BCUT2D eigenvalue weighted by Gasteiger charge is -2.17. The second-order valence-corrected chi connectivity index (χ2v) is 5.40. The van der Waals surface area contributed by atoms with Gasteiger partial charge in [-0.1, -0.05) is 25.0 Å². The third kappa shape index (κ3) is 7.32. The van der Waals surface area contributed by atoms with Crippen molar-refractivity contribution in [3.63, 3.8) is 0 Å². The van der Waals surface area contributed by atoms with Gasteiger partial charge in [-0.3, -0.25) is 4.99 Å². The molecule has 0 aliphatic heterocycles. The van der Waals surface area contributed by atoms with Crippen LogP contribution in [-0.2, 0) is 6.54 Å². The van der Waals surface area contributed by atoms with Gasteiger partial charge in [-0.15, -0.1) is 24.0 Å². The topological polar surface area (TPSA) is 45.7 Å². The maximum atomic E-state index is 12.2. The van der Waals surface area contributed by atoms with Crippen molar-refractivity contribution in [2.24, 2.45) is 4.99 Å². The quantitative estimate of drug-likeness (QED) is 0.405. The van der Waals surface area contributed by atoms with E-state index in [1.165, 1.54) is 25.7 Å². The summed E-state index contributed by atoms with van der Waals surface area (Å²) in [5.74, 6) is 1.23. The zero-order valence-corrected chi connectivity index (χ0v) is 15.6. The smallest absolute Gasteiger partial charge is 0.272 e. The fourth-order valence-corrected chi connectivity index (χ4v) is 2.55. The number of nitrogens with one attached hydrogen (secondary N) is 2. The molecule has 1 saturated carbocycles. The van der Waals surface area contributed by atoms with Gasteiger partial charge in [0, 0.05) is 19.6 Å². The maximum absolute atomic E-state index is 12.2. The van der Waals surface area contributed by atoms with Gasteiger partial charge in [0.05, 0.1) is 0 Å². The standard InChI is InChI=1S/C16H23F2N3O.HI/c1-19-16(21-13-6-2-3-7-13)20-10-12-5-4-8-14(9-12)22-11-15(17)18;/h4-5,8-9,13,15H,2-3,6-7,10-11H2,1H3,(H2,19,20,21);1H. The summed E-state index contributed by atoms with van der Waals surface area (Å²) in [7, 11) is 1.74. The van der Waals surface area contributed by atoms with Crippen LogP contribution in [0.2, 0.25) is 0 Å². The Hall–Kier alpha value is -1.12. The zero-order chi connectivity index (χ0) is 15.8. The summed E-state index contributed by atoms with van der Waals surface area (Å²) in [6.07, 6.45) is 2.42. The normalized spacial score (nSPS) is 15.4. The second kappa shape index (κ2) is 10.6. The van der Waals surface area contributed by atoms with E-state index in [0.29, 0.717) is 18.3 Å². The maximum Gasteiger partial charge on any atom is 0.272 e. The van der Waals surface area contributed by atoms with Crippen LogP contribution in [0.15, 0.2) is 29.3 Å². The van der Waals surface area contributed by atoms with Crippen molar-refractivity contribution in [2.45, 2.75) is 44.7 Å². The van der Waals surface area contributed by atoms with Crippen molar-refractivity contribution in [1.82, 2.24) is 10.6 Å². The first-order valence-electron chi connectivity index (χ1n) is 7.64. The molecule has 0 amide bonds. The molecule has 0 saturated heterocycles. The average molecular weight is 439 g/mol. The van der Waals surface area contributed by atoms with E-state index in [4.69, 9.17) is 4.74 Å². The first-order valence-corrected chi connectivity index (χ1v) is 7.64. The van der Waals surface area contributed by atoms with Crippen molar-refractivity contribution >= 4 is 29.9 Å². The highest BCUT2D eigenvalue weighted by Gasteiger charge is 2.15. The van der Waals surface area contributed by atoms with Gasteiger partial charge in [0.1, 0.15) is 12.4 Å². The Kier molecular flexibility index (Phi) is 9.20. The lowest BCUT2D eigenvalue weighted by atomic mass is 10.2. The van der Waals surface area contributed by atoms with Gasteiger partial charge in [0.25, 0.3) is 6.43 Å². The van der Waals surface area contributed by atoms with Crippen LogP contribution in [0.25, 0.3) is 0 Å². The molecule has 0 bridgehead atoms. The Morgan fingerprint density at radius 3 is 2.74 bits per heavy atom. The molecule has 0 heterocycles. The fraction of sp³-hybridized carbons (Fsp3) is 0.562.